The summed E-state index contributed by atoms with van der Waals surface area (Å²) in [5.74, 6) is 0.0842. The first-order chi connectivity index (χ1) is 14.7. The van der Waals surface area contributed by atoms with Crippen LogP contribution in [0.1, 0.15) is 43.4 Å². The van der Waals surface area contributed by atoms with Gasteiger partial charge in [-0.3, -0.25) is 9.59 Å². The molecule has 31 heavy (non-hydrogen) atoms. The van der Waals surface area contributed by atoms with Crippen molar-refractivity contribution in [2.45, 2.75) is 53.1 Å². The Labute approximate surface area is 194 Å². The van der Waals surface area contributed by atoms with Gasteiger partial charge in [-0.2, -0.15) is 0 Å². The zero-order valence-electron chi connectivity index (χ0n) is 18.5. The molecule has 0 saturated carbocycles. The predicted molar refractivity (Wildman–Crippen MR) is 126 cm³/mol. The maximum Gasteiger partial charge on any atom is 0.261 e. The van der Waals surface area contributed by atoms with Gasteiger partial charge in [-0.1, -0.05) is 48.7 Å². The standard InChI is InChI=1S/C24H30Cl2N2O3/c1-5-6-10-27-24(30)18(4)28(14-19-8-7-9-20(25)13-19)22(29)15-31-21-11-16(2)23(26)17(3)12-21/h7-9,11-13,18H,5-6,10,14-15H2,1-4H3,(H,27,30)/t18-/m1/s1. The van der Waals surface area contributed by atoms with Crippen LogP contribution in [0.5, 0.6) is 5.75 Å². The summed E-state index contributed by atoms with van der Waals surface area (Å²) in [5.41, 5.74) is 2.60. The van der Waals surface area contributed by atoms with E-state index in [1.807, 2.05) is 26.0 Å². The molecule has 0 saturated heterocycles. The highest BCUT2D eigenvalue weighted by Crippen LogP contribution is 2.26. The SMILES string of the molecule is CCCCNC(=O)[C@@H](C)N(Cc1cccc(Cl)c1)C(=O)COc1cc(C)c(Cl)c(C)c1. The van der Waals surface area contributed by atoms with Gasteiger partial charge < -0.3 is 15.0 Å². The number of benzene rings is 2. The number of amides is 2. The van der Waals surface area contributed by atoms with Gasteiger partial charge in [0.25, 0.3) is 5.91 Å². The molecule has 0 radical (unpaired) electrons. The minimum absolute atomic E-state index is 0.187. The fourth-order valence-corrected chi connectivity index (χ4v) is 3.49. The summed E-state index contributed by atoms with van der Waals surface area (Å²) in [6.07, 6.45) is 1.87. The molecule has 2 aromatic rings. The average molecular weight is 465 g/mol. The van der Waals surface area contributed by atoms with Crippen molar-refractivity contribution < 1.29 is 14.3 Å². The lowest BCUT2D eigenvalue weighted by Gasteiger charge is -2.29. The van der Waals surface area contributed by atoms with Crippen molar-refractivity contribution in [1.29, 1.82) is 0 Å². The van der Waals surface area contributed by atoms with Crippen LogP contribution in [0.4, 0.5) is 0 Å². The van der Waals surface area contributed by atoms with Crippen molar-refractivity contribution in [2.75, 3.05) is 13.2 Å². The second kappa shape index (κ2) is 12.0. The number of ether oxygens (including phenoxy) is 1. The van der Waals surface area contributed by atoms with Gasteiger partial charge >= 0.3 is 0 Å². The number of unbranched alkanes of at least 4 members (excludes halogenated alkanes) is 1. The van der Waals surface area contributed by atoms with Crippen LogP contribution in [0, 0.1) is 13.8 Å². The molecule has 0 bridgehead atoms. The number of carbonyl (C=O) groups is 2. The summed E-state index contributed by atoms with van der Waals surface area (Å²) >= 11 is 12.3. The van der Waals surface area contributed by atoms with E-state index in [-0.39, 0.29) is 25.0 Å². The quantitative estimate of drug-likeness (QED) is 0.483. The Morgan fingerprint density at radius 1 is 1.13 bits per heavy atom. The third kappa shape index (κ3) is 7.44. The second-order valence-corrected chi connectivity index (χ2v) is 8.45. The molecule has 0 aliphatic heterocycles. The first-order valence-corrected chi connectivity index (χ1v) is 11.2. The molecule has 0 spiro atoms. The van der Waals surface area contributed by atoms with Gasteiger partial charge in [-0.05, 0) is 68.1 Å². The van der Waals surface area contributed by atoms with Crippen LogP contribution in [-0.2, 0) is 16.1 Å². The Morgan fingerprint density at radius 2 is 1.81 bits per heavy atom. The highest BCUT2D eigenvalue weighted by Gasteiger charge is 2.26. The van der Waals surface area contributed by atoms with Crippen LogP contribution in [0.2, 0.25) is 10.0 Å². The zero-order valence-corrected chi connectivity index (χ0v) is 20.0. The first kappa shape index (κ1) is 25.0. The summed E-state index contributed by atoms with van der Waals surface area (Å²) in [6.45, 7) is 8.20. The van der Waals surface area contributed by atoms with Crippen molar-refractivity contribution in [3.63, 3.8) is 0 Å². The summed E-state index contributed by atoms with van der Waals surface area (Å²) in [4.78, 5) is 27.2. The Kier molecular flexibility index (Phi) is 9.66. The van der Waals surface area contributed by atoms with Crippen LogP contribution < -0.4 is 10.1 Å². The van der Waals surface area contributed by atoms with E-state index < -0.39 is 6.04 Å². The molecule has 0 aromatic heterocycles. The maximum atomic E-state index is 13.1. The summed E-state index contributed by atoms with van der Waals surface area (Å²) in [7, 11) is 0. The number of halogens is 2. The van der Waals surface area contributed by atoms with Gasteiger partial charge in [-0.15, -0.1) is 0 Å². The highest BCUT2D eigenvalue weighted by atomic mass is 35.5. The minimum Gasteiger partial charge on any atom is -0.484 e. The van der Waals surface area contributed by atoms with E-state index in [2.05, 4.69) is 12.2 Å². The van der Waals surface area contributed by atoms with Gasteiger partial charge in [0.2, 0.25) is 5.91 Å². The fourth-order valence-electron chi connectivity index (χ4n) is 3.17. The number of aryl methyl sites for hydroxylation is 2. The number of carbonyl (C=O) groups excluding carboxylic acids is 2. The minimum atomic E-state index is -0.652. The van der Waals surface area contributed by atoms with Crippen molar-refractivity contribution in [3.05, 3.63) is 63.1 Å². The molecule has 0 aliphatic rings. The summed E-state index contributed by atoms with van der Waals surface area (Å²) < 4.78 is 5.75. The largest absolute Gasteiger partial charge is 0.484 e. The fraction of sp³-hybridized carbons (Fsp3) is 0.417. The lowest BCUT2D eigenvalue weighted by molar-refractivity contribution is -0.142. The molecule has 0 aliphatic carbocycles. The molecule has 168 valence electrons. The van der Waals surface area contributed by atoms with E-state index in [0.717, 1.165) is 29.5 Å². The number of hydrogen-bond acceptors (Lipinski definition) is 3. The van der Waals surface area contributed by atoms with E-state index in [1.54, 1.807) is 31.2 Å². The smallest absolute Gasteiger partial charge is 0.261 e. The maximum absolute atomic E-state index is 13.1. The van der Waals surface area contributed by atoms with Crippen molar-refractivity contribution >= 4 is 35.0 Å². The van der Waals surface area contributed by atoms with Crippen LogP contribution in [0.25, 0.3) is 0 Å². The summed E-state index contributed by atoms with van der Waals surface area (Å²) in [6, 6.07) is 10.2. The Balaban J connectivity index is 2.15. The van der Waals surface area contributed by atoms with Crippen LogP contribution in [-0.4, -0.2) is 35.9 Å². The molecule has 5 nitrogen and oxygen atoms in total. The highest BCUT2D eigenvalue weighted by molar-refractivity contribution is 6.32. The molecule has 2 aromatic carbocycles. The molecular formula is C24H30Cl2N2O3. The molecule has 1 N–H and O–H groups in total. The van der Waals surface area contributed by atoms with E-state index in [4.69, 9.17) is 27.9 Å². The van der Waals surface area contributed by atoms with Crippen LogP contribution in [0.3, 0.4) is 0 Å². The topological polar surface area (TPSA) is 58.6 Å². The Morgan fingerprint density at radius 3 is 2.42 bits per heavy atom. The van der Waals surface area contributed by atoms with Crippen molar-refractivity contribution in [3.8, 4) is 5.75 Å². The van der Waals surface area contributed by atoms with Gasteiger partial charge in [0.05, 0.1) is 0 Å². The van der Waals surface area contributed by atoms with Gasteiger partial charge in [0.15, 0.2) is 6.61 Å². The average Bonchev–Trinajstić information content (AvgIpc) is 2.73. The number of hydrogen-bond donors (Lipinski definition) is 1. The summed E-state index contributed by atoms with van der Waals surface area (Å²) in [5, 5.41) is 4.15. The zero-order chi connectivity index (χ0) is 23.0. The van der Waals surface area contributed by atoms with Gasteiger partial charge in [-0.25, -0.2) is 0 Å². The van der Waals surface area contributed by atoms with E-state index in [0.29, 0.717) is 22.3 Å². The molecular weight excluding hydrogens is 435 g/mol. The molecule has 2 rings (SSSR count). The molecule has 7 heteroatoms. The monoisotopic (exact) mass is 464 g/mol. The van der Waals surface area contributed by atoms with Gasteiger partial charge in [0, 0.05) is 23.1 Å². The third-order valence-electron chi connectivity index (χ3n) is 5.01. The second-order valence-electron chi connectivity index (χ2n) is 7.63. The van der Waals surface area contributed by atoms with Gasteiger partial charge in [0.1, 0.15) is 11.8 Å². The molecule has 2 amide bonds. The lowest BCUT2D eigenvalue weighted by Crippen LogP contribution is -2.49. The molecule has 0 fully saturated rings. The molecule has 0 heterocycles. The number of nitrogens with one attached hydrogen (secondary N) is 1. The Hall–Kier alpha value is -2.24. The lowest BCUT2D eigenvalue weighted by atomic mass is 10.1. The molecule has 0 unspecified atom stereocenters. The molecule has 1 atom stereocenters. The van der Waals surface area contributed by atoms with Crippen LogP contribution >= 0.6 is 23.2 Å². The first-order valence-electron chi connectivity index (χ1n) is 10.4. The normalized spacial score (nSPS) is 11.7. The third-order valence-corrected chi connectivity index (χ3v) is 5.84. The number of nitrogens with zero attached hydrogens (tertiary/aromatic N) is 1. The number of rotatable bonds is 10. The van der Waals surface area contributed by atoms with E-state index in [9.17, 15) is 9.59 Å². The predicted octanol–water partition coefficient (Wildman–Crippen LogP) is 5.32. The van der Waals surface area contributed by atoms with E-state index in [1.165, 1.54) is 4.90 Å². The Bertz CT molecular complexity index is 894. The van der Waals surface area contributed by atoms with Crippen molar-refractivity contribution in [1.82, 2.24) is 10.2 Å². The van der Waals surface area contributed by atoms with Crippen LogP contribution in [0.15, 0.2) is 36.4 Å². The van der Waals surface area contributed by atoms with Crippen molar-refractivity contribution in [2.24, 2.45) is 0 Å². The van der Waals surface area contributed by atoms with E-state index >= 15 is 0 Å².